The summed E-state index contributed by atoms with van der Waals surface area (Å²) < 4.78 is 29.9. The van der Waals surface area contributed by atoms with Crippen LogP contribution < -0.4 is 5.32 Å². The molecule has 0 saturated carbocycles. The Balaban J connectivity index is 1.45. The van der Waals surface area contributed by atoms with E-state index in [0.29, 0.717) is 22.8 Å². The summed E-state index contributed by atoms with van der Waals surface area (Å²) in [5, 5.41) is 3.04. The number of carbonyl (C=O) groups excluding carboxylic acids is 1. The third-order valence-electron chi connectivity index (χ3n) is 4.80. The van der Waals surface area contributed by atoms with E-state index < -0.39 is 9.84 Å². The van der Waals surface area contributed by atoms with E-state index in [-0.39, 0.29) is 17.7 Å². The molecule has 1 aliphatic rings. The second-order valence-corrected chi connectivity index (χ2v) is 8.72. The fourth-order valence-electron chi connectivity index (χ4n) is 3.18. The molecule has 140 valence electrons. The number of carbonyl (C=O) groups is 1. The second kappa shape index (κ2) is 8.05. The molecule has 7 heteroatoms. The second-order valence-electron chi connectivity index (χ2n) is 6.61. The number of benzene rings is 1. The van der Waals surface area contributed by atoms with Crippen LogP contribution in [0.3, 0.4) is 0 Å². The number of hydrogen-bond donors (Lipinski definition) is 1. The van der Waals surface area contributed by atoms with Crippen LogP contribution in [-0.2, 0) is 9.84 Å². The summed E-state index contributed by atoms with van der Waals surface area (Å²) in [6.45, 7) is 3.84. The first-order valence-corrected chi connectivity index (χ1v) is 10.5. The number of likely N-dealkylation sites (tertiary alicyclic amines) is 1. The minimum absolute atomic E-state index is 0.110. The summed E-state index contributed by atoms with van der Waals surface area (Å²) in [6, 6.07) is 10.3. The smallest absolute Gasteiger partial charge is 0.255 e. The van der Waals surface area contributed by atoms with E-state index in [0.717, 1.165) is 25.9 Å². The van der Waals surface area contributed by atoms with Crippen molar-refractivity contribution in [1.29, 1.82) is 0 Å². The third kappa shape index (κ3) is 4.53. The maximum atomic E-state index is 12.4. The van der Waals surface area contributed by atoms with Crippen LogP contribution in [0.5, 0.6) is 0 Å². The molecule has 0 spiro atoms. The van der Waals surface area contributed by atoms with Crippen molar-refractivity contribution in [3.63, 3.8) is 0 Å². The first kappa shape index (κ1) is 18.7. The van der Waals surface area contributed by atoms with Gasteiger partial charge in [-0.1, -0.05) is 18.2 Å². The molecule has 3 rings (SSSR count). The molecule has 1 N–H and O–H groups in total. The minimum atomic E-state index is -3.25. The quantitative estimate of drug-likeness (QED) is 0.836. The van der Waals surface area contributed by atoms with Crippen LogP contribution in [0, 0.1) is 6.92 Å². The molecule has 2 aromatic rings. The highest BCUT2D eigenvalue weighted by atomic mass is 32.2. The molecule has 0 atom stereocenters. The van der Waals surface area contributed by atoms with Gasteiger partial charge in [0.15, 0.2) is 9.84 Å². The van der Waals surface area contributed by atoms with E-state index in [1.807, 2.05) is 6.07 Å². The van der Waals surface area contributed by atoms with E-state index >= 15 is 0 Å². The SMILES string of the molecule is Cc1occc1C(=O)NC1CCN(CCS(=O)(=O)c2ccccc2)CC1. The number of rotatable bonds is 6. The summed E-state index contributed by atoms with van der Waals surface area (Å²) >= 11 is 0. The number of sulfone groups is 1. The Kier molecular flexibility index (Phi) is 5.78. The lowest BCUT2D eigenvalue weighted by atomic mass is 10.0. The Labute approximate surface area is 154 Å². The van der Waals surface area contributed by atoms with Crippen molar-refractivity contribution in [3.05, 3.63) is 54.0 Å². The maximum Gasteiger partial charge on any atom is 0.255 e. The number of nitrogens with one attached hydrogen (secondary N) is 1. The normalized spacial score (nSPS) is 16.5. The highest BCUT2D eigenvalue weighted by Gasteiger charge is 2.23. The third-order valence-corrected chi connectivity index (χ3v) is 6.52. The van der Waals surface area contributed by atoms with Crippen molar-refractivity contribution in [2.75, 3.05) is 25.4 Å². The standard InChI is InChI=1S/C19H24N2O4S/c1-15-18(9-13-25-15)19(22)20-16-7-10-21(11-8-16)12-14-26(23,24)17-5-3-2-4-6-17/h2-6,9,13,16H,7-8,10-12,14H2,1H3,(H,20,22). The zero-order valence-electron chi connectivity index (χ0n) is 14.8. The zero-order valence-corrected chi connectivity index (χ0v) is 15.7. The van der Waals surface area contributed by atoms with E-state index in [9.17, 15) is 13.2 Å². The lowest BCUT2D eigenvalue weighted by Gasteiger charge is -2.32. The van der Waals surface area contributed by atoms with Gasteiger partial charge in [-0.2, -0.15) is 0 Å². The maximum absolute atomic E-state index is 12.4. The molecule has 6 nitrogen and oxygen atoms in total. The van der Waals surface area contributed by atoms with E-state index in [1.165, 1.54) is 6.26 Å². The Morgan fingerprint density at radius 2 is 1.88 bits per heavy atom. The molecule has 0 unspecified atom stereocenters. The van der Waals surface area contributed by atoms with Crippen molar-refractivity contribution in [2.24, 2.45) is 0 Å². The largest absolute Gasteiger partial charge is 0.469 e. The molecular weight excluding hydrogens is 352 g/mol. The average Bonchev–Trinajstić information content (AvgIpc) is 3.08. The Hall–Kier alpha value is -2.12. The number of hydrogen-bond acceptors (Lipinski definition) is 5. The number of piperidine rings is 1. The summed E-state index contributed by atoms with van der Waals surface area (Å²) in [5.41, 5.74) is 0.571. The molecule has 0 radical (unpaired) electrons. The van der Waals surface area contributed by atoms with Gasteiger partial charge >= 0.3 is 0 Å². The molecular formula is C19H24N2O4S. The predicted octanol–water partition coefficient (Wildman–Crippen LogP) is 2.26. The average molecular weight is 376 g/mol. The van der Waals surface area contributed by atoms with Crippen LogP contribution in [-0.4, -0.2) is 50.7 Å². The van der Waals surface area contributed by atoms with Gasteiger partial charge in [-0.25, -0.2) is 8.42 Å². The van der Waals surface area contributed by atoms with E-state index in [2.05, 4.69) is 10.2 Å². The lowest BCUT2D eigenvalue weighted by molar-refractivity contribution is 0.0911. The van der Waals surface area contributed by atoms with Crippen LogP contribution >= 0.6 is 0 Å². The van der Waals surface area contributed by atoms with Crippen LogP contribution in [0.2, 0.25) is 0 Å². The van der Waals surface area contributed by atoms with Gasteiger partial charge in [0.05, 0.1) is 22.5 Å². The van der Waals surface area contributed by atoms with Crippen molar-refractivity contribution in [2.45, 2.75) is 30.7 Å². The summed E-state index contributed by atoms with van der Waals surface area (Å²) in [6.07, 6.45) is 3.14. The van der Waals surface area contributed by atoms with Gasteiger partial charge in [-0.3, -0.25) is 4.79 Å². The first-order valence-electron chi connectivity index (χ1n) is 8.81. The lowest BCUT2D eigenvalue weighted by Crippen LogP contribution is -2.45. The molecule has 1 aromatic carbocycles. The van der Waals surface area contributed by atoms with Gasteiger partial charge in [0.1, 0.15) is 5.76 Å². The molecule has 2 heterocycles. The van der Waals surface area contributed by atoms with Gasteiger partial charge in [0, 0.05) is 25.7 Å². The van der Waals surface area contributed by atoms with Gasteiger partial charge in [-0.05, 0) is 38.0 Å². The highest BCUT2D eigenvalue weighted by molar-refractivity contribution is 7.91. The van der Waals surface area contributed by atoms with Crippen molar-refractivity contribution < 1.29 is 17.6 Å². The summed E-state index contributed by atoms with van der Waals surface area (Å²) in [5.74, 6) is 0.620. The molecule has 1 fully saturated rings. The number of amides is 1. The van der Waals surface area contributed by atoms with Crippen LogP contribution in [0.1, 0.15) is 29.0 Å². The van der Waals surface area contributed by atoms with Gasteiger partial charge < -0.3 is 14.6 Å². The van der Waals surface area contributed by atoms with Crippen LogP contribution in [0.15, 0.2) is 52.0 Å². The van der Waals surface area contributed by atoms with Crippen molar-refractivity contribution in [1.82, 2.24) is 10.2 Å². The number of nitrogens with zero attached hydrogens (tertiary/aromatic N) is 1. The number of aryl methyl sites for hydroxylation is 1. The molecule has 0 aliphatic carbocycles. The van der Waals surface area contributed by atoms with Gasteiger partial charge in [0.2, 0.25) is 0 Å². The fraction of sp³-hybridized carbons (Fsp3) is 0.421. The molecule has 0 bridgehead atoms. The zero-order chi connectivity index (χ0) is 18.6. The molecule has 1 saturated heterocycles. The van der Waals surface area contributed by atoms with E-state index in [1.54, 1.807) is 37.3 Å². The molecule has 1 aliphatic heterocycles. The Morgan fingerprint density at radius 1 is 1.19 bits per heavy atom. The monoisotopic (exact) mass is 376 g/mol. The summed E-state index contributed by atoms with van der Waals surface area (Å²) in [4.78, 5) is 14.7. The predicted molar refractivity (Wildman–Crippen MR) is 98.9 cm³/mol. The molecule has 1 amide bonds. The fourth-order valence-corrected chi connectivity index (χ4v) is 4.49. The van der Waals surface area contributed by atoms with Crippen LogP contribution in [0.25, 0.3) is 0 Å². The van der Waals surface area contributed by atoms with Crippen molar-refractivity contribution >= 4 is 15.7 Å². The van der Waals surface area contributed by atoms with Crippen molar-refractivity contribution in [3.8, 4) is 0 Å². The first-order chi connectivity index (χ1) is 12.5. The van der Waals surface area contributed by atoms with E-state index in [4.69, 9.17) is 4.42 Å². The van der Waals surface area contributed by atoms with Gasteiger partial charge in [0.25, 0.3) is 5.91 Å². The molecule has 1 aromatic heterocycles. The van der Waals surface area contributed by atoms with Crippen LogP contribution in [0.4, 0.5) is 0 Å². The molecule has 26 heavy (non-hydrogen) atoms. The Bertz CT molecular complexity index is 837. The minimum Gasteiger partial charge on any atom is -0.469 e. The summed E-state index contributed by atoms with van der Waals surface area (Å²) in [7, 11) is -3.25. The highest BCUT2D eigenvalue weighted by Crippen LogP contribution is 2.15. The number of furan rings is 1. The Morgan fingerprint density at radius 3 is 2.50 bits per heavy atom. The van der Waals surface area contributed by atoms with Gasteiger partial charge in [-0.15, -0.1) is 0 Å². The topological polar surface area (TPSA) is 79.6 Å².